The number of benzene rings is 12. The maximum Gasteiger partial charge on any atom is 0.145 e. The van der Waals surface area contributed by atoms with Gasteiger partial charge in [0.1, 0.15) is 34.2 Å². The Kier molecular flexibility index (Phi) is 11.4. The summed E-state index contributed by atoms with van der Waals surface area (Å²) >= 11 is 0. The number of fused-ring (bicyclic) bond motifs is 18. The predicted octanol–water partition coefficient (Wildman–Crippen LogP) is 22.4. The van der Waals surface area contributed by atoms with Gasteiger partial charge in [-0.25, -0.2) is 0 Å². The minimum absolute atomic E-state index is 0.0157. The molecular formula is C83H64N2O3. The van der Waals surface area contributed by atoms with Crippen molar-refractivity contribution in [1.82, 2.24) is 0 Å². The smallest absolute Gasteiger partial charge is 0.145 e. The third-order valence-electron chi connectivity index (χ3n) is 19.1. The van der Waals surface area contributed by atoms with E-state index < -0.39 is 5.41 Å². The highest BCUT2D eigenvalue weighted by molar-refractivity contribution is 6.26. The van der Waals surface area contributed by atoms with E-state index in [9.17, 15) is 0 Å². The van der Waals surface area contributed by atoms with Crippen molar-refractivity contribution in [3.05, 3.63) is 312 Å². The number of rotatable bonds is 8. The molecule has 5 heteroatoms. The van der Waals surface area contributed by atoms with E-state index in [2.05, 4.69) is 312 Å². The Morgan fingerprint density at radius 1 is 0.409 bits per heavy atom. The topological polar surface area (TPSA) is 42.0 Å². The molecule has 2 unspecified atom stereocenters. The standard InChI is InChI=1S/C83H64N2O3/c1-81(2,3)51-33-37-55(38-34-51)84(58-42-45-74-67(48-58)61-26-15-18-30-71(61)86-74)57-41-44-64-66(47-57)60-25-13-14-28-63(60)77-78-69(83(79(64)77,53-21-9-7-10-22-53)54-23-11-8-12-24-54)50-70(76-65-29-17-20-32-73(65)88-80(76)78)85(56-39-35-52(36-40-56)82(4,5)6)59-43-46-75-68(49-59)62-27-16-19-31-72(62)87-75/h7-50,68,75H,1-6H3. The Balaban J connectivity index is 0.983. The fourth-order valence-corrected chi connectivity index (χ4v) is 15.0. The molecular weight excluding hydrogens is 1070 g/mol. The van der Waals surface area contributed by atoms with Crippen molar-refractivity contribution in [1.29, 1.82) is 0 Å². The van der Waals surface area contributed by atoms with Crippen molar-refractivity contribution in [3.8, 4) is 16.9 Å². The first-order chi connectivity index (χ1) is 42.9. The molecule has 0 amide bonds. The molecule has 0 saturated heterocycles. The maximum atomic E-state index is 7.60. The lowest BCUT2D eigenvalue weighted by atomic mass is 9.66. The van der Waals surface area contributed by atoms with E-state index in [1.54, 1.807) is 0 Å². The van der Waals surface area contributed by atoms with Gasteiger partial charge in [-0.05, 0) is 168 Å². The number of furan rings is 2. The summed E-state index contributed by atoms with van der Waals surface area (Å²) in [6, 6.07) is 91.9. The summed E-state index contributed by atoms with van der Waals surface area (Å²) in [5.74, 6) is 0.957. The first-order valence-electron chi connectivity index (χ1n) is 30.9. The van der Waals surface area contributed by atoms with E-state index in [0.717, 1.165) is 106 Å². The number of para-hydroxylation sites is 3. The van der Waals surface area contributed by atoms with Crippen LogP contribution < -0.4 is 14.5 Å². The Labute approximate surface area is 512 Å². The summed E-state index contributed by atoms with van der Waals surface area (Å²) < 4.78 is 20.7. The lowest BCUT2D eigenvalue weighted by molar-refractivity contribution is 0.268. The highest BCUT2D eigenvalue weighted by atomic mass is 16.5. The van der Waals surface area contributed by atoms with Crippen LogP contribution in [-0.4, -0.2) is 6.10 Å². The second-order valence-electron chi connectivity index (χ2n) is 26.3. The molecule has 0 bridgehead atoms. The summed E-state index contributed by atoms with van der Waals surface area (Å²) in [5.41, 5.74) is 19.6. The molecule has 14 aromatic rings. The van der Waals surface area contributed by atoms with Crippen molar-refractivity contribution in [2.24, 2.45) is 0 Å². The number of anilines is 5. The summed E-state index contributed by atoms with van der Waals surface area (Å²) in [5, 5.41) is 8.96. The normalized spacial score (nSPS) is 15.8. The van der Waals surface area contributed by atoms with Crippen LogP contribution in [0.2, 0.25) is 0 Å². The number of allylic oxidation sites excluding steroid dienone is 1. The van der Waals surface area contributed by atoms with E-state index in [1.807, 2.05) is 6.07 Å². The third kappa shape index (κ3) is 7.79. The average molecular weight is 1140 g/mol. The lowest BCUT2D eigenvalue weighted by Crippen LogP contribution is -2.29. The highest BCUT2D eigenvalue weighted by Crippen LogP contribution is 2.64. The first-order valence-corrected chi connectivity index (χ1v) is 30.9. The molecule has 12 aromatic carbocycles. The van der Waals surface area contributed by atoms with Crippen LogP contribution in [0.15, 0.2) is 281 Å². The predicted molar refractivity (Wildman–Crippen MR) is 365 cm³/mol. The van der Waals surface area contributed by atoms with Gasteiger partial charge in [0.2, 0.25) is 0 Å². The molecule has 88 heavy (non-hydrogen) atoms. The Morgan fingerprint density at radius 3 is 1.61 bits per heavy atom. The summed E-state index contributed by atoms with van der Waals surface area (Å²) in [6.07, 6.45) is 6.86. The van der Waals surface area contributed by atoms with Crippen LogP contribution in [0.3, 0.4) is 0 Å². The van der Waals surface area contributed by atoms with E-state index in [0.29, 0.717) is 0 Å². The third-order valence-corrected chi connectivity index (χ3v) is 19.1. The second kappa shape index (κ2) is 19.3. The number of nitrogens with zero attached hydrogens (tertiary/aromatic N) is 2. The van der Waals surface area contributed by atoms with Gasteiger partial charge < -0.3 is 23.4 Å². The van der Waals surface area contributed by atoms with E-state index in [1.165, 1.54) is 49.7 Å². The molecule has 0 saturated carbocycles. The van der Waals surface area contributed by atoms with Gasteiger partial charge in [-0.15, -0.1) is 0 Å². The average Bonchev–Trinajstić information content (AvgIpc) is 1.49. The zero-order valence-electron chi connectivity index (χ0n) is 50.2. The zero-order valence-corrected chi connectivity index (χ0v) is 50.2. The van der Waals surface area contributed by atoms with E-state index in [-0.39, 0.29) is 22.9 Å². The Bertz CT molecular complexity index is 5170. The van der Waals surface area contributed by atoms with Crippen molar-refractivity contribution in [2.75, 3.05) is 9.80 Å². The van der Waals surface area contributed by atoms with Crippen molar-refractivity contribution in [2.45, 2.75) is 69.8 Å². The van der Waals surface area contributed by atoms with Gasteiger partial charge >= 0.3 is 0 Å². The van der Waals surface area contributed by atoms with Gasteiger partial charge in [0.05, 0.1) is 16.5 Å². The van der Waals surface area contributed by atoms with Crippen LogP contribution in [0.1, 0.15) is 86.4 Å². The number of ether oxygens (including phenoxy) is 1. The minimum Gasteiger partial charge on any atom is -0.485 e. The molecule has 424 valence electrons. The number of hydrogen-bond acceptors (Lipinski definition) is 5. The van der Waals surface area contributed by atoms with Crippen LogP contribution in [0, 0.1) is 0 Å². The molecule has 3 aliphatic rings. The molecule has 17 rings (SSSR count). The fourth-order valence-electron chi connectivity index (χ4n) is 15.0. The molecule has 0 spiro atoms. The van der Waals surface area contributed by atoms with Crippen LogP contribution in [0.5, 0.6) is 5.75 Å². The molecule has 2 aliphatic carbocycles. The van der Waals surface area contributed by atoms with E-state index >= 15 is 0 Å². The quantitative estimate of drug-likeness (QED) is 0.142. The zero-order chi connectivity index (χ0) is 59.2. The van der Waals surface area contributed by atoms with Gasteiger partial charge in [0.25, 0.3) is 0 Å². The molecule has 0 radical (unpaired) electrons. The van der Waals surface area contributed by atoms with Gasteiger partial charge in [-0.3, -0.25) is 0 Å². The van der Waals surface area contributed by atoms with Crippen LogP contribution in [-0.2, 0) is 16.2 Å². The Hall–Kier alpha value is -10.4. The van der Waals surface area contributed by atoms with Crippen molar-refractivity contribution in [3.63, 3.8) is 0 Å². The summed E-state index contributed by atoms with van der Waals surface area (Å²) in [7, 11) is 0. The van der Waals surface area contributed by atoms with Gasteiger partial charge in [-0.2, -0.15) is 0 Å². The monoisotopic (exact) mass is 1140 g/mol. The second-order valence-corrected chi connectivity index (χ2v) is 26.3. The molecule has 2 aromatic heterocycles. The molecule has 0 fully saturated rings. The van der Waals surface area contributed by atoms with Crippen molar-refractivity contribution >= 4 is 93.9 Å². The fraction of sp³-hybridized carbons (Fsp3) is 0.133. The van der Waals surface area contributed by atoms with Gasteiger partial charge in [-0.1, -0.05) is 211 Å². The molecule has 5 nitrogen and oxygen atoms in total. The van der Waals surface area contributed by atoms with E-state index in [4.69, 9.17) is 13.6 Å². The summed E-state index contributed by atoms with van der Waals surface area (Å²) in [6.45, 7) is 13.7. The summed E-state index contributed by atoms with van der Waals surface area (Å²) in [4.78, 5) is 4.93. The molecule has 0 N–H and O–H groups in total. The highest BCUT2D eigenvalue weighted by Gasteiger charge is 2.50. The Morgan fingerprint density at radius 2 is 0.943 bits per heavy atom. The first kappa shape index (κ1) is 52.0. The van der Waals surface area contributed by atoms with Crippen LogP contribution in [0.25, 0.3) is 76.5 Å². The van der Waals surface area contributed by atoms with Gasteiger partial charge in [0.15, 0.2) is 0 Å². The largest absolute Gasteiger partial charge is 0.485 e. The maximum absolute atomic E-state index is 7.60. The van der Waals surface area contributed by atoms with Crippen LogP contribution in [0.4, 0.5) is 28.4 Å². The lowest BCUT2D eigenvalue weighted by Gasteiger charge is -2.36. The molecule has 2 atom stereocenters. The molecule has 3 heterocycles. The van der Waals surface area contributed by atoms with Crippen molar-refractivity contribution < 1.29 is 13.6 Å². The number of hydrogen-bond donors (Lipinski definition) is 0. The molecule has 1 aliphatic heterocycles. The van der Waals surface area contributed by atoms with Crippen LogP contribution >= 0.6 is 0 Å². The minimum atomic E-state index is -0.864. The van der Waals surface area contributed by atoms with Gasteiger partial charge in [0, 0.05) is 61.7 Å². The SMILES string of the molecule is CC(C)(C)c1ccc(N(C2=CC3c4ccccc4OC3C=C2)c2cc3c(c4oc5ccccc5c24)-c2c(c4ccc(N(c5ccc(C(C)(C)C)cc5)c5ccc6oc7ccccc7c6c5)cc4c4ccccc24)C3(c2ccccc2)c2ccccc2)cc1.